The van der Waals surface area contributed by atoms with Gasteiger partial charge in [0.15, 0.2) is 0 Å². The number of fused-ring (bicyclic) bond motifs is 1. The van der Waals surface area contributed by atoms with Crippen LogP contribution < -0.4 is 0 Å². The second kappa shape index (κ2) is 7.77. The molecule has 2 aliphatic rings. The third kappa shape index (κ3) is 3.70. The highest BCUT2D eigenvalue weighted by Crippen LogP contribution is 2.52. The molecule has 0 unspecified atom stereocenters. The zero-order valence-corrected chi connectivity index (χ0v) is 17.0. The van der Waals surface area contributed by atoms with Crippen LogP contribution in [0, 0.1) is 11.8 Å². The topological polar surface area (TPSA) is 12.5 Å². The highest BCUT2D eigenvalue weighted by Gasteiger charge is 2.52. The molecule has 2 aromatic rings. The Kier molecular flexibility index (Phi) is 5.39. The first-order chi connectivity index (χ1) is 13.1. The maximum atomic E-state index is 6.44. The summed E-state index contributed by atoms with van der Waals surface area (Å²) in [7, 11) is 2.30. The number of nitrogens with zero attached hydrogens (tertiary/aromatic N) is 1. The molecule has 0 N–H and O–H groups in total. The third-order valence-electron chi connectivity index (χ3n) is 7.00. The van der Waals surface area contributed by atoms with Gasteiger partial charge in [0.1, 0.15) is 0 Å². The van der Waals surface area contributed by atoms with Crippen LogP contribution in [-0.2, 0) is 16.7 Å². The van der Waals surface area contributed by atoms with Crippen LogP contribution in [0.15, 0.2) is 60.7 Å². The van der Waals surface area contributed by atoms with Crippen LogP contribution in [0.5, 0.6) is 0 Å². The second-order valence-corrected chi connectivity index (χ2v) is 9.04. The van der Waals surface area contributed by atoms with E-state index in [1.807, 2.05) is 0 Å². The molecule has 4 rings (SSSR count). The van der Waals surface area contributed by atoms with E-state index in [2.05, 4.69) is 86.5 Å². The van der Waals surface area contributed by atoms with Gasteiger partial charge in [-0.3, -0.25) is 4.90 Å². The Labute approximate surface area is 164 Å². The number of ether oxygens (including phenoxy) is 1. The Morgan fingerprint density at radius 1 is 1.00 bits per heavy atom. The highest BCUT2D eigenvalue weighted by molar-refractivity contribution is 5.30. The van der Waals surface area contributed by atoms with Gasteiger partial charge in [0, 0.05) is 18.0 Å². The molecule has 1 aliphatic heterocycles. The first kappa shape index (κ1) is 18.7. The molecule has 1 saturated carbocycles. The molecular formula is C25H33NO. The fourth-order valence-corrected chi connectivity index (χ4v) is 5.34. The Morgan fingerprint density at radius 3 is 2.33 bits per heavy atom. The predicted octanol–water partition coefficient (Wildman–Crippen LogP) is 5.28. The Morgan fingerprint density at radius 2 is 1.67 bits per heavy atom. The van der Waals surface area contributed by atoms with Crippen LogP contribution in [0.25, 0.3) is 0 Å². The lowest BCUT2D eigenvalue weighted by molar-refractivity contribution is -0.0734. The molecule has 0 aromatic heterocycles. The predicted molar refractivity (Wildman–Crippen MR) is 112 cm³/mol. The largest absolute Gasteiger partial charge is 0.377 e. The van der Waals surface area contributed by atoms with Crippen molar-refractivity contribution in [1.29, 1.82) is 0 Å². The number of hydrogen-bond acceptors (Lipinski definition) is 2. The van der Waals surface area contributed by atoms with E-state index in [0.29, 0.717) is 24.0 Å². The summed E-state index contributed by atoms with van der Waals surface area (Å²) in [5, 5.41) is 0. The monoisotopic (exact) mass is 363 g/mol. The zero-order valence-electron chi connectivity index (χ0n) is 17.0. The molecule has 1 aliphatic carbocycles. The average Bonchev–Trinajstić information content (AvgIpc) is 3.09. The summed E-state index contributed by atoms with van der Waals surface area (Å²) in [4.78, 5) is 2.57. The van der Waals surface area contributed by atoms with Crippen molar-refractivity contribution in [3.05, 3.63) is 71.8 Å². The molecule has 144 valence electrons. The van der Waals surface area contributed by atoms with Crippen LogP contribution in [0.2, 0.25) is 0 Å². The lowest BCUT2D eigenvalue weighted by atomic mass is 9.68. The first-order valence-corrected chi connectivity index (χ1v) is 10.5. The number of benzene rings is 2. The van der Waals surface area contributed by atoms with Crippen LogP contribution in [0.3, 0.4) is 0 Å². The van der Waals surface area contributed by atoms with Crippen molar-refractivity contribution in [1.82, 2.24) is 4.90 Å². The van der Waals surface area contributed by atoms with E-state index in [0.717, 1.165) is 13.2 Å². The second-order valence-electron chi connectivity index (χ2n) is 9.04. The number of hydrogen-bond donors (Lipinski definition) is 0. The van der Waals surface area contributed by atoms with Gasteiger partial charge in [-0.25, -0.2) is 0 Å². The van der Waals surface area contributed by atoms with Crippen molar-refractivity contribution >= 4 is 0 Å². The van der Waals surface area contributed by atoms with Gasteiger partial charge in [0.25, 0.3) is 0 Å². The van der Waals surface area contributed by atoms with Gasteiger partial charge in [0.05, 0.1) is 12.7 Å². The Bertz CT molecular complexity index is 729. The van der Waals surface area contributed by atoms with E-state index in [4.69, 9.17) is 4.74 Å². The summed E-state index contributed by atoms with van der Waals surface area (Å²) < 4.78 is 6.44. The fraction of sp³-hybridized carbons (Fsp3) is 0.520. The highest BCUT2D eigenvalue weighted by atomic mass is 16.5. The molecule has 0 bridgehead atoms. The maximum absolute atomic E-state index is 6.44. The maximum Gasteiger partial charge on any atom is 0.0601 e. The lowest BCUT2D eigenvalue weighted by Crippen LogP contribution is -2.45. The first-order valence-electron chi connectivity index (χ1n) is 10.5. The van der Waals surface area contributed by atoms with Crippen LogP contribution in [0.1, 0.15) is 44.2 Å². The van der Waals surface area contributed by atoms with Gasteiger partial charge in [-0.15, -0.1) is 0 Å². The minimum atomic E-state index is 0.183. The molecule has 0 amide bonds. The van der Waals surface area contributed by atoms with Crippen molar-refractivity contribution in [2.45, 2.75) is 57.2 Å². The normalized spacial score (nSPS) is 30.6. The minimum absolute atomic E-state index is 0.183. The summed E-state index contributed by atoms with van der Waals surface area (Å²) in [6, 6.07) is 22.6. The van der Waals surface area contributed by atoms with E-state index in [1.54, 1.807) is 0 Å². The lowest BCUT2D eigenvalue weighted by Gasteiger charge is -2.44. The van der Waals surface area contributed by atoms with Crippen molar-refractivity contribution in [3.63, 3.8) is 0 Å². The number of rotatable bonds is 5. The fourth-order valence-electron chi connectivity index (χ4n) is 5.34. The molecule has 4 atom stereocenters. The van der Waals surface area contributed by atoms with E-state index >= 15 is 0 Å². The molecule has 2 nitrogen and oxygen atoms in total. The van der Waals surface area contributed by atoms with Crippen molar-refractivity contribution in [2.75, 3.05) is 13.7 Å². The molecule has 2 heteroatoms. The summed E-state index contributed by atoms with van der Waals surface area (Å²) in [5.74, 6) is 1.31. The van der Waals surface area contributed by atoms with Gasteiger partial charge in [-0.1, -0.05) is 74.5 Å². The van der Waals surface area contributed by atoms with E-state index < -0.39 is 0 Å². The molecule has 1 heterocycles. The molecule has 0 spiro atoms. The molecule has 1 saturated heterocycles. The van der Waals surface area contributed by atoms with Crippen molar-refractivity contribution in [2.24, 2.45) is 11.8 Å². The van der Waals surface area contributed by atoms with Crippen LogP contribution in [0.4, 0.5) is 0 Å². The summed E-state index contributed by atoms with van der Waals surface area (Å²) in [5.41, 5.74) is 3.06. The standard InChI is InChI=1S/C25H33NO/c1-19(2)24-15-22-14-23(26(3)17-20-10-6-4-7-11-20)16-25(22,18-27-24)21-12-8-5-9-13-21/h4-13,19,22-24H,14-18H2,1-3H3/t22-,23+,24-,25+/m0/s1. The van der Waals surface area contributed by atoms with Gasteiger partial charge >= 0.3 is 0 Å². The van der Waals surface area contributed by atoms with Gasteiger partial charge in [-0.05, 0) is 49.3 Å². The third-order valence-corrected chi connectivity index (χ3v) is 7.00. The molecular weight excluding hydrogens is 330 g/mol. The zero-order chi connectivity index (χ0) is 18.9. The average molecular weight is 364 g/mol. The Balaban J connectivity index is 1.57. The molecule has 0 radical (unpaired) electrons. The van der Waals surface area contributed by atoms with Crippen molar-refractivity contribution < 1.29 is 4.74 Å². The summed E-state index contributed by atoms with van der Waals surface area (Å²) >= 11 is 0. The van der Waals surface area contributed by atoms with E-state index in [1.165, 1.54) is 30.4 Å². The minimum Gasteiger partial charge on any atom is -0.377 e. The molecule has 27 heavy (non-hydrogen) atoms. The smallest absolute Gasteiger partial charge is 0.0601 e. The van der Waals surface area contributed by atoms with Gasteiger partial charge in [0.2, 0.25) is 0 Å². The SMILES string of the molecule is CC(C)[C@@H]1C[C@@H]2C[C@@H](N(C)Cc3ccccc3)C[C@]2(c2ccccc2)CO1. The molecule has 2 fully saturated rings. The quantitative estimate of drug-likeness (QED) is 0.716. The summed E-state index contributed by atoms with van der Waals surface area (Å²) in [6.45, 7) is 6.50. The Hall–Kier alpha value is -1.64. The van der Waals surface area contributed by atoms with E-state index in [-0.39, 0.29) is 5.41 Å². The molecule has 2 aromatic carbocycles. The van der Waals surface area contributed by atoms with Crippen LogP contribution in [-0.4, -0.2) is 30.7 Å². The summed E-state index contributed by atoms with van der Waals surface area (Å²) in [6.07, 6.45) is 4.09. The van der Waals surface area contributed by atoms with Crippen LogP contribution >= 0.6 is 0 Å². The van der Waals surface area contributed by atoms with Gasteiger partial charge in [-0.2, -0.15) is 0 Å². The van der Waals surface area contributed by atoms with Crippen molar-refractivity contribution in [3.8, 4) is 0 Å². The van der Waals surface area contributed by atoms with E-state index in [9.17, 15) is 0 Å². The van der Waals surface area contributed by atoms with Gasteiger partial charge < -0.3 is 4.74 Å².